The van der Waals surface area contributed by atoms with Crippen molar-refractivity contribution >= 4 is 27.5 Å². The van der Waals surface area contributed by atoms with Gasteiger partial charge in [0.1, 0.15) is 11.4 Å². The van der Waals surface area contributed by atoms with Crippen LogP contribution in [0.3, 0.4) is 0 Å². The molecule has 1 amide bonds. The Morgan fingerprint density at radius 3 is 2.82 bits per heavy atom. The molecule has 0 aromatic heterocycles. The maximum Gasteiger partial charge on any atom is 0.285 e. The molecule has 1 unspecified atom stereocenters. The lowest BCUT2D eigenvalue weighted by atomic mass is 10.1. The highest BCUT2D eigenvalue weighted by atomic mass is 79.9. The Morgan fingerprint density at radius 2 is 2.29 bits per heavy atom. The predicted octanol–water partition coefficient (Wildman–Crippen LogP) is 2.25. The SMILES string of the molecule is CC(Br)CNC(=O)c1ccc(F)cc1[N+](=O)[O-]. The van der Waals surface area contributed by atoms with Gasteiger partial charge < -0.3 is 5.32 Å². The van der Waals surface area contributed by atoms with Gasteiger partial charge in [-0.1, -0.05) is 22.9 Å². The summed E-state index contributed by atoms with van der Waals surface area (Å²) in [6.45, 7) is 2.15. The Bertz CT molecular complexity index is 451. The molecule has 0 aliphatic rings. The molecule has 1 rings (SSSR count). The van der Waals surface area contributed by atoms with Gasteiger partial charge in [-0.2, -0.15) is 0 Å². The maximum absolute atomic E-state index is 12.8. The van der Waals surface area contributed by atoms with Crippen LogP contribution in [-0.2, 0) is 0 Å². The van der Waals surface area contributed by atoms with Gasteiger partial charge in [0.05, 0.1) is 11.0 Å². The number of halogens is 2. The Kier molecular flexibility index (Phi) is 4.56. The summed E-state index contributed by atoms with van der Waals surface area (Å²) in [5.41, 5.74) is -0.686. The molecule has 1 N–H and O–H groups in total. The van der Waals surface area contributed by atoms with Crippen molar-refractivity contribution in [2.45, 2.75) is 11.8 Å². The Labute approximate surface area is 105 Å². The molecule has 0 bridgehead atoms. The van der Waals surface area contributed by atoms with E-state index >= 15 is 0 Å². The lowest BCUT2D eigenvalue weighted by Crippen LogP contribution is -2.28. The second-order valence-corrected chi connectivity index (χ2v) is 4.97. The molecule has 7 heteroatoms. The number of hydrogen-bond donors (Lipinski definition) is 1. The third-order valence-corrected chi connectivity index (χ3v) is 2.27. The topological polar surface area (TPSA) is 72.2 Å². The number of carbonyl (C=O) groups is 1. The minimum atomic E-state index is -0.782. The Hall–Kier alpha value is -1.50. The molecule has 1 aromatic rings. The molecule has 1 aromatic carbocycles. The van der Waals surface area contributed by atoms with Crippen LogP contribution in [0.25, 0.3) is 0 Å². The smallest absolute Gasteiger partial charge is 0.285 e. The third kappa shape index (κ3) is 3.77. The van der Waals surface area contributed by atoms with Crippen LogP contribution in [-0.4, -0.2) is 22.2 Å². The molecule has 17 heavy (non-hydrogen) atoms. The summed E-state index contributed by atoms with van der Waals surface area (Å²) in [7, 11) is 0. The minimum Gasteiger partial charge on any atom is -0.351 e. The standard InChI is InChI=1S/C10H10BrFN2O3/c1-6(11)5-13-10(15)8-3-2-7(12)4-9(8)14(16)17/h2-4,6H,5H2,1H3,(H,13,15). The van der Waals surface area contributed by atoms with Crippen molar-refractivity contribution in [3.8, 4) is 0 Å². The van der Waals surface area contributed by atoms with Crippen LogP contribution in [0, 0.1) is 15.9 Å². The molecule has 0 radical (unpaired) electrons. The van der Waals surface area contributed by atoms with Crippen molar-refractivity contribution in [2.24, 2.45) is 0 Å². The van der Waals surface area contributed by atoms with E-state index in [4.69, 9.17) is 0 Å². The molecule has 92 valence electrons. The van der Waals surface area contributed by atoms with Gasteiger partial charge in [0.15, 0.2) is 0 Å². The summed E-state index contributed by atoms with van der Waals surface area (Å²) in [5, 5.41) is 13.2. The highest BCUT2D eigenvalue weighted by Crippen LogP contribution is 2.19. The van der Waals surface area contributed by atoms with Crippen LogP contribution in [0.1, 0.15) is 17.3 Å². The largest absolute Gasteiger partial charge is 0.351 e. The molecule has 0 aliphatic carbocycles. The van der Waals surface area contributed by atoms with Gasteiger partial charge in [-0.25, -0.2) is 4.39 Å². The zero-order valence-electron chi connectivity index (χ0n) is 8.94. The molecule has 0 saturated heterocycles. The van der Waals surface area contributed by atoms with Crippen LogP contribution < -0.4 is 5.32 Å². The summed E-state index contributed by atoms with van der Waals surface area (Å²) in [5.74, 6) is -1.34. The second kappa shape index (κ2) is 5.72. The number of nitrogens with zero attached hydrogens (tertiary/aromatic N) is 1. The van der Waals surface area contributed by atoms with E-state index in [1.165, 1.54) is 0 Å². The van der Waals surface area contributed by atoms with Gasteiger partial charge in [-0.15, -0.1) is 0 Å². The molecule has 0 spiro atoms. The first kappa shape index (κ1) is 13.6. The summed E-state index contributed by atoms with van der Waals surface area (Å²) in [6.07, 6.45) is 0. The molecule has 5 nitrogen and oxygen atoms in total. The van der Waals surface area contributed by atoms with Crippen molar-refractivity contribution in [1.29, 1.82) is 0 Å². The van der Waals surface area contributed by atoms with E-state index in [1.807, 2.05) is 6.92 Å². The summed E-state index contributed by atoms with van der Waals surface area (Å²) < 4.78 is 12.8. The van der Waals surface area contributed by atoms with Crippen molar-refractivity contribution in [2.75, 3.05) is 6.54 Å². The van der Waals surface area contributed by atoms with E-state index in [2.05, 4.69) is 21.2 Å². The fraction of sp³-hybridized carbons (Fsp3) is 0.300. The van der Waals surface area contributed by atoms with E-state index in [0.717, 1.165) is 18.2 Å². The monoisotopic (exact) mass is 304 g/mol. The minimum absolute atomic E-state index is 0.0472. The molecule has 0 saturated carbocycles. The van der Waals surface area contributed by atoms with Crippen molar-refractivity contribution in [1.82, 2.24) is 5.32 Å². The van der Waals surface area contributed by atoms with Gasteiger partial charge in [0.2, 0.25) is 0 Å². The lowest BCUT2D eigenvalue weighted by Gasteiger charge is -2.06. The number of nitro benzene ring substituents is 1. The van der Waals surface area contributed by atoms with Crippen LogP contribution in [0.2, 0.25) is 0 Å². The van der Waals surface area contributed by atoms with Crippen LogP contribution in [0.5, 0.6) is 0 Å². The van der Waals surface area contributed by atoms with Crippen LogP contribution in [0.4, 0.5) is 10.1 Å². The average molecular weight is 305 g/mol. The van der Waals surface area contributed by atoms with Gasteiger partial charge in [-0.3, -0.25) is 14.9 Å². The first-order valence-corrected chi connectivity index (χ1v) is 5.69. The maximum atomic E-state index is 12.8. The average Bonchev–Trinajstić information content (AvgIpc) is 2.25. The van der Waals surface area contributed by atoms with Crippen LogP contribution in [0.15, 0.2) is 18.2 Å². The third-order valence-electron chi connectivity index (χ3n) is 1.94. The van der Waals surface area contributed by atoms with Gasteiger partial charge in [0.25, 0.3) is 11.6 Å². The van der Waals surface area contributed by atoms with Crippen molar-refractivity contribution < 1.29 is 14.1 Å². The summed E-state index contributed by atoms with van der Waals surface area (Å²) in [4.78, 5) is 21.6. The molecule has 0 aliphatic heterocycles. The zero-order chi connectivity index (χ0) is 13.0. The summed E-state index contributed by atoms with van der Waals surface area (Å²) in [6, 6.07) is 2.84. The van der Waals surface area contributed by atoms with Crippen LogP contribution >= 0.6 is 15.9 Å². The quantitative estimate of drug-likeness (QED) is 0.527. The highest BCUT2D eigenvalue weighted by molar-refractivity contribution is 9.09. The number of nitrogens with one attached hydrogen (secondary N) is 1. The zero-order valence-corrected chi connectivity index (χ0v) is 10.5. The number of carbonyl (C=O) groups excluding carboxylic acids is 1. The molecule has 0 heterocycles. The molecular weight excluding hydrogens is 295 g/mol. The number of alkyl halides is 1. The number of nitro groups is 1. The lowest BCUT2D eigenvalue weighted by molar-refractivity contribution is -0.385. The van der Waals surface area contributed by atoms with Gasteiger partial charge in [0, 0.05) is 11.4 Å². The number of hydrogen-bond acceptors (Lipinski definition) is 3. The Morgan fingerprint density at radius 1 is 1.65 bits per heavy atom. The molecule has 0 fully saturated rings. The number of benzene rings is 1. The van der Waals surface area contributed by atoms with E-state index in [9.17, 15) is 19.3 Å². The van der Waals surface area contributed by atoms with Gasteiger partial charge in [-0.05, 0) is 12.1 Å². The second-order valence-electron chi connectivity index (χ2n) is 3.41. The normalized spacial score (nSPS) is 11.9. The molecular formula is C10H10BrFN2O3. The van der Waals surface area contributed by atoms with E-state index < -0.39 is 22.3 Å². The first-order chi connectivity index (χ1) is 7.91. The van der Waals surface area contributed by atoms with E-state index in [-0.39, 0.29) is 10.4 Å². The van der Waals surface area contributed by atoms with Crippen molar-refractivity contribution in [3.05, 3.63) is 39.7 Å². The fourth-order valence-electron chi connectivity index (χ4n) is 1.18. The van der Waals surface area contributed by atoms with E-state index in [0.29, 0.717) is 6.54 Å². The number of rotatable bonds is 4. The summed E-state index contributed by atoms with van der Waals surface area (Å²) >= 11 is 3.23. The van der Waals surface area contributed by atoms with Crippen molar-refractivity contribution in [3.63, 3.8) is 0 Å². The van der Waals surface area contributed by atoms with E-state index in [1.54, 1.807) is 0 Å². The fourth-order valence-corrected chi connectivity index (χ4v) is 1.34. The number of amides is 1. The first-order valence-electron chi connectivity index (χ1n) is 4.78. The highest BCUT2D eigenvalue weighted by Gasteiger charge is 2.20. The Balaban J connectivity index is 2.96. The molecule has 1 atom stereocenters. The predicted molar refractivity (Wildman–Crippen MR) is 63.8 cm³/mol. The van der Waals surface area contributed by atoms with Gasteiger partial charge >= 0.3 is 0 Å².